The fraction of sp³-hybridized carbons (Fsp3) is 0.583. The number of hydrogen-bond donors (Lipinski definition) is 1. The highest BCUT2D eigenvalue weighted by Crippen LogP contribution is 2.12. The van der Waals surface area contributed by atoms with E-state index in [1.165, 1.54) is 25.7 Å². The van der Waals surface area contributed by atoms with Crippen LogP contribution in [0.4, 0.5) is 0 Å². The molecular weight excluding hydrogens is 288 g/mol. The van der Waals surface area contributed by atoms with E-state index in [0.717, 1.165) is 29.0 Å². The molecule has 0 atom stereocenters. The zero-order valence-corrected chi connectivity index (χ0v) is 11.7. The van der Waals surface area contributed by atoms with Gasteiger partial charge in [0.15, 0.2) is 0 Å². The maximum absolute atomic E-state index is 6.00. The molecule has 2 nitrogen and oxygen atoms in total. The van der Waals surface area contributed by atoms with Crippen LogP contribution in [-0.4, -0.2) is 16.9 Å². The van der Waals surface area contributed by atoms with Crippen LogP contribution in [0.2, 0.25) is 5.02 Å². The fourth-order valence-corrected chi connectivity index (χ4v) is 2.05. The molecule has 0 spiro atoms. The summed E-state index contributed by atoms with van der Waals surface area (Å²) in [6.07, 6.45) is 8.57. The van der Waals surface area contributed by atoms with Gasteiger partial charge in [0.1, 0.15) is 0 Å². The summed E-state index contributed by atoms with van der Waals surface area (Å²) in [4.78, 5) is 3.96. The number of pyridine rings is 1. The van der Waals surface area contributed by atoms with Crippen LogP contribution >= 0.6 is 27.5 Å². The van der Waals surface area contributed by atoms with Gasteiger partial charge >= 0.3 is 0 Å². The van der Waals surface area contributed by atoms with Gasteiger partial charge in [0.2, 0.25) is 0 Å². The van der Waals surface area contributed by atoms with Crippen molar-refractivity contribution < 1.29 is 0 Å². The van der Waals surface area contributed by atoms with Gasteiger partial charge in [0.25, 0.3) is 0 Å². The van der Waals surface area contributed by atoms with E-state index in [0.29, 0.717) is 0 Å². The molecule has 1 aromatic heterocycles. The first-order chi connectivity index (χ1) is 7.84. The van der Waals surface area contributed by atoms with Crippen LogP contribution in [0.15, 0.2) is 18.5 Å². The first kappa shape index (κ1) is 13.9. The van der Waals surface area contributed by atoms with Gasteiger partial charge in [-0.2, -0.15) is 0 Å². The van der Waals surface area contributed by atoms with Crippen LogP contribution < -0.4 is 5.32 Å². The quantitative estimate of drug-likeness (QED) is 0.584. The highest BCUT2D eigenvalue weighted by atomic mass is 79.9. The largest absolute Gasteiger partial charge is 0.313 e. The highest BCUT2D eigenvalue weighted by Gasteiger charge is 1.98. The molecule has 90 valence electrons. The van der Waals surface area contributed by atoms with Gasteiger partial charge in [0, 0.05) is 24.3 Å². The van der Waals surface area contributed by atoms with E-state index in [-0.39, 0.29) is 0 Å². The van der Waals surface area contributed by atoms with Crippen LogP contribution in [0.3, 0.4) is 0 Å². The molecule has 16 heavy (non-hydrogen) atoms. The Morgan fingerprint density at radius 3 is 2.81 bits per heavy atom. The minimum Gasteiger partial charge on any atom is -0.313 e. The van der Waals surface area contributed by atoms with Crippen molar-refractivity contribution in [1.29, 1.82) is 0 Å². The summed E-state index contributed by atoms with van der Waals surface area (Å²) in [6, 6.07) is 1.96. The molecule has 0 fully saturated rings. The molecule has 0 aliphatic rings. The Hall–Kier alpha value is -0.120. The third-order valence-corrected chi connectivity index (χ3v) is 3.31. The number of alkyl halides is 1. The van der Waals surface area contributed by atoms with Crippen molar-refractivity contribution in [3.05, 3.63) is 29.0 Å². The molecule has 0 bridgehead atoms. The Bertz CT molecular complexity index is 294. The average Bonchev–Trinajstić information content (AvgIpc) is 2.30. The molecule has 0 saturated heterocycles. The number of rotatable bonds is 8. The second kappa shape index (κ2) is 8.97. The number of aromatic nitrogens is 1. The standard InChI is InChI=1S/C12H18BrClN2/c13-6-3-1-2-4-7-15-9-11-5-8-16-10-12(11)14/h5,8,10,15H,1-4,6-7,9H2. The normalized spacial score (nSPS) is 10.6. The van der Waals surface area contributed by atoms with E-state index in [9.17, 15) is 0 Å². The second-order valence-corrected chi connectivity index (χ2v) is 4.95. The zero-order valence-electron chi connectivity index (χ0n) is 9.38. The Morgan fingerprint density at radius 1 is 1.25 bits per heavy atom. The van der Waals surface area contributed by atoms with Crippen molar-refractivity contribution in [2.75, 3.05) is 11.9 Å². The van der Waals surface area contributed by atoms with Crippen molar-refractivity contribution in [2.24, 2.45) is 0 Å². The van der Waals surface area contributed by atoms with Crippen molar-refractivity contribution >= 4 is 27.5 Å². The summed E-state index contributed by atoms with van der Waals surface area (Å²) >= 11 is 9.43. The van der Waals surface area contributed by atoms with E-state index in [2.05, 4.69) is 26.2 Å². The SMILES string of the molecule is Clc1cnccc1CNCCCCCCBr. The maximum Gasteiger partial charge on any atom is 0.0634 e. The third-order valence-electron chi connectivity index (χ3n) is 2.41. The summed E-state index contributed by atoms with van der Waals surface area (Å²) in [5, 5.41) is 5.26. The van der Waals surface area contributed by atoms with E-state index in [1.807, 2.05) is 6.07 Å². The Labute approximate surface area is 111 Å². The predicted molar refractivity (Wildman–Crippen MR) is 73.2 cm³/mol. The molecule has 1 aromatic rings. The first-order valence-electron chi connectivity index (χ1n) is 5.69. The van der Waals surface area contributed by atoms with Gasteiger partial charge in [-0.15, -0.1) is 0 Å². The molecule has 0 aliphatic carbocycles. The Kier molecular flexibility index (Phi) is 7.81. The van der Waals surface area contributed by atoms with E-state index >= 15 is 0 Å². The van der Waals surface area contributed by atoms with E-state index in [4.69, 9.17) is 11.6 Å². The second-order valence-electron chi connectivity index (χ2n) is 3.75. The van der Waals surface area contributed by atoms with Crippen LogP contribution in [0.1, 0.15) is 31.2 Å². The number of nitrogens with one attached hydrogen (secondary N) is 1. The average molecular weight is 306 g/mol. The molecule has 4 heteroatoms. The van der Waals surface area contributed by atoms with Crippen molar-refractivity contribution in [1.82, 2.24) is 10.3 Å². The number of halogens is 2. The number of unbranched alkanes of at least 4 members (excludes halogenated alkanes) is 3. The van der Waals surface area contributed by atoms with Crippen LogP contribution in [-0.2, 0) is 6.54 Å². The van der Waals surface area contributed by atoms with Gasteiger partial charge in [-0.05, 0) is 31.0 Å². The van der Waals surface area contributed by atoms with Crippen LogP contribution in [0, 0.1) is 0 Å². The van der Waals surface area contributed by atoms with Crippen LogP contribution in [0.5, 0.6) is 0 Å². The van der Waals surface area contributed by atoms with Gasteiger partial charge in [-0.3, -0.25) is 4.98 Å². The van der Waals surface area contributed by atoms with E-state index in [1.54, 1.807) is 12.4 Å². The summed E-state index contributed by atoms with van der Waals surface area (Å²) < 4.78 is 0. The lowest BCUT2D eigenvalue weighted by Crippen LogP contribution is -2.14. The number of hydrogen-bond acceptors (Lipinski definition) is 2. The molecule has 0 aliphatic heterocycles. The smallest absolute Gasteiger partial charge is 0.0634 e. The predicted octanol–water partition coefficient (Wildman–Crippen LogP) is 3.78. The first-order valence-corrected chi connectivity index (χ1v) is 7.19. The van der Waals surface area contributed by atoms with Crippen molar-refractivity contribution in [3.63, 3.8) is 0 Å². The molecule has 0 radical (unpaired) electrons. The summed E-state index contributed by atoms with van der Waals surface area (Å²) in [5.74, 6) is 0. The summed E-state index contributed by atoms with van der Waals surface area (Å²) in [6.45, 7) is 1.89. The minimum atomic E-state index is 0.745. The summed E-state index contributed by atoms with van der Waals surface area (Å²) in [7, 11) is 0. The molecule has 1 heterocycles. The van der Waals surface area contributed by atoms with Gasteiger partial charge in [-0.25, -0.2) is 0 Å². The minimum absolute atomic E-state index is 0.745. The Morgan fingerprint density at radius 2 is 2.06 bits per heavy atom. The fourth-order valence-electron chi connectivity index (χ4n) is 1.47. The highest BCUT2D eigenvalue weighted by molar-refractivity contribution is 9.09. The van der Waals surface area contributed by atoms with Gasteiger partial charge in [-0.1, -0.05) is 40.4 Å². The molecular formula is C12H18BrClN2. The van der Waals surface area contributed by atoms with Crippen LogP contribution in [0.25, 0.3) is 0 Å². The van der Waals surface area contributed by atoms with E-state index < -0.39 is 0 Å². The zero-order chi connectivity index (χ0) is 11.6. The molecule has 1 rings (SSSR count). The lowest BCUT2D eigenvalue weighted by atomic mass is 10.2. The van der Waals surface area contributed by atoms with Gasteiger partial charge < -0.3 is 5.32 Å². The maximum atomic E-state index is 6.00. The molecule has 1 N–H and O–H groups in total. The number of nitrogens with zero attached hydrogens (tertiary/aromatic N) is 1. The molecule has 0 saturated carbocycles. The van der Waals surface area contributed by atoms with Crippen molar-refractivity contribution in [2.45, 2.75) is 32.2 Å². The lowest BCUT2D eigenvalue weighted by molar-refractivity contribution is 0.600. The monoisotopic (exact) mass is 304 g/mol. The Balaban J connectivity index is 2.05. The summed E-state index contributed by atoms with van der Waals surface area (Å²) in [5.41, 5.74) is 1.12. The molecule has 0 unspecified atom stereocenters. The van der Waals surface area contributed by atoms with Gasteiger partial charge in [0.05, 0.1) is 5.02 Å². The topological polar surface area (TPSA) is 24.9 Å². The molecule has 0 aromatic carbocycles. The molecule has 0 amide bonds. The third kappa shape index (κ3) is 5.83. The lowest BCUT2D eigenvalue weighted by Gasteiger charge is -2.05. The van der Waals surface area contributed by atoms with Crippen molar-refractivity contribution in [3.8, 4) is 0 Å².